The van der Waals surface area contributed by atoms with Crippen LogP contribution in [0.15, 0.2) is 36.4 Å². The molecule has 34 heavy (non-hydrogen) atoms. The van der Waals surface area contributed by atoms with Crippen molar-refractivity contribution in [3.05, 3.63) is 47.5 Å². The molecule has 1 atom stereocenters. The lowest BCUT2D eigenvalue weighted by molar-refractivity contribution is -0.125. The molecule has 9 heteroatoms. The molecule has 1 aliphatic rings. The Balaban J connectivity index is 1.73. The highest BCUT2D eigenvalue weighted by Crippen LogP contribution is 2.35. The molecule has 1 aliphatic heterocycles. The molecule has 2 amide bonds. The zero-order valence-corrected chi connectivity index (χ0v) is 20.0. The van der Waals surface area contributed by atoms with Crippen LogP contribution in [-0.4, -0.2) is 45.2 Å². The van der Waals surface area contributed by atoms with E-state index in [2.05, 4.69) is 10.6 Å². The normalized spacial score (nSPS) is 14.8. The Morgan fingerprint density at radius 1 is 1.06 bits per heavy atom. The highest BCUT2D eigenvalue weighted by atomic mass is 16.5. The van der Waals surface area contributed by atoms with Gasteiger partial charge in [0, 0.05) is 29.5 Å². The lowest BCUT2D eigenvalue weighted by Crippen LogP contribution is -2.35. The fraction of sp³-hybridized carbons (Fsp3) is 0.400. The first-order valence-corrected chi connectivity index (χ1v) is 10.9. The number of esters is 1. The van der Waals surface area contributed by atoms with E-state index in [4.69, 9.17) is 18.9 Å². The van der Waals surface area contributed by atoms with Crippen molar-refractivity contribution < 1.29 is 33.3 Å². The van der Waals surface area contributed by atoms with E-state index >= 15 is 0 Å². The first-order valence-electron chi connectivity index (χ1n) is 10.9. The number of nitrogens with one attached hydrogen (secondary N) is 2. The number of methoxy groups -OCH3 is 2. The number of para-hydroxylation sites is 1. The maximum absolute atomic E-state index is 12.9. The van der Waals surface area contributed by atoms with Crippen LogP contribution in [0.3, 0.4) is 0 Å². The van der Waals surface area contributed by atoms with Crippen molar-refractivity contribution in [1.29, 1.82) is 0 Å². The van der Waals surface area contributed by atoms with Gasteiger partial charge < -0.3 is 29.6 Å². The first-order chi connectivity index (χ1) is 16.1. The van der Waals surface area contributed by atoms with Crippen molar-refractivity contribution in [1.82, 2.24) is 5.32 Å². The Kier molecular flexibility index (Phi) is 7.65. The van der Waals surface area contributed by atoms with Gasteiger partial charge in [-0.05, 0) is 6.07 Å². The Morgan fingerprint density at radius 3 is 2.41 bits per heavy atom. The van der Waals surface area contributed by atoms with Gasteiger partial charge in [0.2, 0.25) is 5.91 Å². The van der Waals surface area contributed by atoms with Crippen molar-refractivity contribution in [3.8, 4) is 17.2 Å². The van der Waals surface area contributed by atoms with Crippen molar-refractivity contribution in [2.24, 2.45) is 5.41 Å². The Labute approximate surface area is 198 Å². The fourth-order valence-electron chi connectivity index (χ4n) is 3.40. The van der Waals surface area contributed by atoms with E-state index in [1.54, 1.807) is 20.8 Å². The van der Waals surface area contributed by atoms with Crippen LogP contribution in [0.25, 0.3) is 0 Å². The van der Waals surface area contributed by atoms with Gasteiger partial charge in [-0.25, -0.2) is 4.79 Å². The second kappa shape index (κ2) is 10.5. The molecule has 0 saturated carbocycles. The molecule has 9 nitrogen and oxygen atoms in total. The number of amides is 2. The second-order valence-corrected chi connectivity index (χ2v) is 8.83. The van der Waals surface area contributed by atoms with E-state index in [1.165, 1.54) is 26.4 Å². The van der Waals surface area contributed by atoms with Gasteiger partial charge >= 0.3 is 5.97 Å². The van der Waals surface area contributed by atoms with E-state index in [0.29, 0.717) is 18.8 Å². The lowest BCUT2D eigenvalue weighted by atomic mass is 9.95. The number of benzene rings is 2. The van der Waals surface area contributed by atoms with E-state index < -0.39 is 23.9 Å². The largest absolute Gasteiger partial charge is 0.493 e. The summed E-state index contributed by atoms with van der Waals surface area (Å²) in [6.07, 6.45) is 0.607. The fourth-order valence-corrected chi connectivity index (χ4v) is 3.40. The van der Waals surface area contributed by atoms with E-state index in [9.17, 15) is 14.4 Å². The molecule has 182 valence electrons. The van der Waals surface area contributed by atoms with Gasteiger partial charge in [-0.15, -0.1) is 0 Å². The highest BCUT2D eigenvalue weighted by molar-refractivity contribution is 6.04. The maximum Gasteiger partial charge on any atom is 0.340 e. The number of carbonyl (C=O) groups excluding carboxylic acids is 3. The monoisotopic (exact) mass is 470 g/mol. The second-order valence-electron chi connectivity index (χ2n) is 8.83. The zero-order chi connectivity index (χ0) is 24.9. The summed E-state index contributed by atoms with van der Waals surface area (Å²) in [6, 6.07) is 10.1. The summed E-state index contributed by atoms with van der Waals surface area (Å²) in [4.78, 5) is 38.0. The van der Waals surface area contributed by atoms with Gasteiger partial charge in [-0.2, -0.15) is 0 Å². The molecule has 2 N–H and O–H groups in total. The summed E-state index contributed by atoms with van der Waals surface area (Å²) in [5.74, 6) is -0.195. The smallest absolute Gasteiger partial charge is 0.340 e. The third-order valence-electron chi connectivity index (χ3n) is 5.30. The first kappa shape index (κ1) is 24.9. The molecule has 0 spiro atoms. The summed E-state index contributed by atoms with van der Waals surface area (Å²) >= 11 is 0. The number of hydrogen-bond donors (Lipinski definition) is 2. The minimum absolute atomic E-state index is 0.0412. The SMILES string of the molecule is COc1cc(NC(=O)C(C)(C)C)c(C(=O)OCC(=O)N[C@H]2CCOc3ccccc32)cc1OC. The van der Waals surface area contributed by atoms with Gasteiger partial charge in [0.05, 0.1) is 38.1 Å². The zero-order valence-electron chi connectivity index (χ0n) is 20.0. The molecule has 0 aliphatic carbocycles. The van der Waals surface area contributed by atoms with E-state index in [1.807, 2.05) is 24.3 Å². The van der Waals surface area contributed by atoms with Gasteiger partial charge in [0.25, 0.3) is 5.91 Å². The number of fused-ring (bicyclic) bond motifs is 1. The van der Waals surface area contributed by atoms with Crippen LogP contribution in [0, 0.1) is 5.41 Å². The summed E-state index contributed by atoms with van der Waals surface area (Å²) in [5.41, 5.74) is 0.412. The molecule has 1 heterocycles. The van der Waals surface area contributed by atoms with Gasteiger partial charge in [-0.3, -0.25) is 9.59 Å². The number of hydrogen-bond acceptors (Lipinski definition) is 7. The average molecular weight is 471 g/mol. The Bertz CT molecular complexity index is 1080. The molecule has 0 fully saturated rings. The van der Waals surface area contributed by atoms with Gasteiger partial charge in [0.15, 0.2) is 18.1 Å². The standard InChI is InChI=1S/C25H30N2O7/c1-25(2,3)24(30)27-18-13-21(32-5)20(31-4)12-16(18)23(29)34-14-22(28)26-17-10-11-33-19-9-7-6-8-15(17)19/h6-9,12-13,17H,10-11,14H2,1-5H3,(H,26,28)(H,27,30)/t17-/m0/s1. The van der Waals surface area contributed by atoms with Crippen molar-refractivity contribution in [3.63, 3.8) is 0 Å². The third kappa shape index (κ3) is 5.78. The molecule has 0 aromatic heterocycles. The molecular formula is C25H30N2O7. The van der Waals surface area contributed by atoms with Crippen molar-refractivity contribution in [2.75, 3.05) is 32.8 Å². The average Bonchev–Trinajstić information content (AvgIpc) is 2.81. The van der Waals surface area contributed by atoms with Crippen LogP contribution in [0.5, 0.6) is 17.2 Å². The summed E-state index contributed by atoms with van der Waals surface area (Å²) in [6.45, 7) is 5.24. The number of rotatable bonds is 7. The van der Waals surface area contributed by atoms with Crippen molar-refractivity contribution >= 4 is 23.5 Å². The van der Waals surface area contributed by atoms with Crippen LogP contribution in [0.2, 0.25) is 0 Å². The number of anilines is 1. The predicted molar refractivity (Wildman–Crippen MR) is 125 cm³/mol. The molecular weight excluding hydrogens is 440 g/mol. The molecule has 0 bridgehead atoms. The predicted octanol–water partition coefficient (Wildman–Crippen LogP) is 3.49. The van der Waals surface area contributed by atoms with E-state index in [0.717, 1.165) is 11.3 Å². The molecule has 2 aromatic carbocycles. The molecule has 2 aromatic rings. The van der Waals surface area contributed by atoms with E-state index in [-0.39, 0.29) is 28.9 Å². The third-order valence-corrected chi connectivity index (χ3v) is 5.30. The quantitative estimate of drug-likeness (QED) is 0.596. The lowest BCUT2D eigenvalue weighted by Gasteiger charge is -2.26. The highest BCUT2D eigenvalue weighted by Gasteiger charge is 2.27. The van der Waals surface area contributed by atoms with Crippen LogP contribution in [-0.2, 0) is 14.3 Å². The summed E-state index contributed by atoms with van der Waals surface area (Å²) in [5, 5.41) is 5.61. The summed E-state index contributed by atoms with van der Waals surface area (Å²) < 4.78 is 21.4. The van der Waals surface area contributed by atoms with Gasteiger partial charge in [-0.1, -0.05) is 39.0 Å². The maximum atomic E-state index is 12.9. The minimum atomic E-state index is -0.785. The number of carbonyl (C=O) groups is 3. The molecule has 0 saturated heterocycles. The minimum Gasteiger partial charge on any atom is -0.493 e. The Hall–Kier alpha value is -3.75. The van der Waals surface area contributed by atoms with Crippen molar-refractivity contribution in [2.45, 2.75) is 33.2 Å². The molecule has 0 unspecified atom stereocenters. The van der Waals surface area contributed by atoms with Crippen LogP contribution < -0.4 is 24.8 Å². The van der Waals surface area contributed by atoms with Gasteiger partial charge in [0.1, 0.15) is 5.75 Å². The number of ether oxygens (including phenoxy) is 4. The van der Waals surface area contributed by atoms with Crippen LogP contribution >= 0.6 is 0 Å². The summed E-state index contributed by atoms with van der Waals surface area (Å²) in [7, 11) is 2.88. The topological polar surface area (TPSA) is 112 Å². The van der Waals surface area contributed by atoms with Crippen LogP contribution in [0.4, 0.5) is 5.69 Å². The molecule has 3 rings (SSSR count). The van der Waals surface area contributed by atoms with Crippen LogP contribution in [0.1, 0.15) is 49.2 Å². The molecule has 0 radical (unpaired) electrons. The Morgan fingerprint density at radius 2 is 1.74 bits per heavy atom.